The van der Waals surface area contributed by atoms with E-state index >= 15 is 0 Å². The van der Waals surface area contributed by atoms with Gasteiger partial charge in [-0.3, -0.25) is 4.90 Å². The predicted molar refractivity (Wildman–Crippen MR) is 90.5 cm³/mol. The molecule has 2 fully saturated rings. The van der Waals surface area contributed by atoms with Gasteiger partial charge in [-0.1, -0.05) is 54.8 Å². The van der Waals surface area contributed by atoms with Crippen molar-refractivity contribution in [3.8, 4) is 0 Å². The summed E-state index contributed by atoms with van der Waals surface area (Å²) in [6.07, 6.45) is 7.43. The molecule has 0 amide bonds. The van der Waals surface area contributed by atoms with Crippen LogP contribution in [0.25, 0.3) is 0 Å². The van der Waals surface area contributed by atoms with Gasteiger partial charge in [0.05, 0.1) is 12.1 Å². The Labute approximate surface area is 142 Å². The van der Waals surface area contributed by atoms with Crippen LogP contribution >= 0.6 is 0 Å². The molecular formula is C19H25N3O2. The van der Waals surface area contributed by atoms with Gasteiger partial charge in [-0.05, 0) is 24.8 Å². The number of rotatable bonds is 4. The molecule has 128 valence electrons. The molecule has 0 radical (unpaired) electrons. The second-order valence-corrected chi connectivity index (χ2v) is 7.11. The van der Waals surface area contributed by atoms with E-state index in [4.69, 9.17) is 4.52 Å². The first kappa shape index (κ1) is 15.8. The highest BCUT2D eigenvalue weighted by molar-refractivity contribution is 5.18. The number of β-amino-alcohol motifs (C(OH)–C–C–N with tert-alkyl or cyclic N) is 1. The quantitative estimate of drug-likeness (QED) is 0.935. The summed E-state index contributed by atoms with van der Waals surface area (Å²) >= 11 is 0. The number of hydrogen-bond donors (Lipinski definition) is 1. The van der Waals surface area contributed by atoms with Crippen LogP contribution in [0.1, 0.15) is 61.8 Å². The van der Waals surface area contributed by atoms with Crippen LogP contribution in [0.5, 0.6) is 0 Å². The third-order valence-electron chi connectivity index (χ3n) is 5.33. The summed E-state index contributed by atoms with van der Waals surface area (Å²) in [5.74, 6) is 1.39. The van der Waals surface area contributed by atoms with Crippen LogP contribution in [-0.2, 0) is 6.42 Å². The minimum atomic E-state index is -0.290. The Morgan fingerprint density at radius 1 is 1.12 bits per heavy atom. The van der Waals surface area contributed by atoms with Gasteiger partial charge in [0.15, 0.2) is 5.82 Å². The number of aliphatic hydroxyl groups excluding tert-OH is 1. The molecule has 1 N–H and O–H groups in total. The molecule has 2 unspecified atom stereocenters. The summed E-state index contributed by atoms with van der Waals surface area (Å²) in [4.78, 5) is 7.04. The molecule has 24 heavy (non-hydrogen) atoms. The number of hydrogen-bond acceptors (Lipinski definition) is 5. The van der Waals surface area contributed by atoms with Gasteiger partial charge in [0.2, 0.25) is 5.89 Å². The Balaban J connectivity index is 1.49. The van der Waals surface area contributed by atoms with Gasteiger partial charge >= 0.3 is 0 Å². The third-order valence-corrected chi connectivity index (χ3v) is 5.33. The van der Waals surface area contributed by atoms with Gasteiger partial charge in [-0.2, -0.15) is 4.98 Å². The standard InChI is InChI=1S/C19H25N3O2/c23-16-12-17(22(13-16)15-9-5-2-6-10-15)19-20-18(21-24-19)11-14-7-3-1-4-8-14/h1,3-4,7-8,15-17,23H,2,5-6,9-13H2. The van der Waals surface area contributed by atoms with Crippen molar-refractivity contribution in [1.82, 2.24) is 15.0 Å². The van der Waals surface area contributed by atoms with E-state index in [1.807, 2.05) is 18.2 Å². The van der Waals surface area contributed by atoms with Crippen molar-refractivity contribution in [2.24, 2.45) is 0 Å². The molecule has 4 rings (SSSR count). The fourth-order valence-electron chi connectivity index (χ4n) is 4.15. The molecule has 1 aliphatic heterocycles. The smallest absolute Gasteiger partial charge is 0.244 e. The van der Waals surface area contributed by atoms with E-state index in [0.29, 0.717) is 24.8 Å². The summed E-state index contributed by atoms with van der Waals surface area (Å²) in [6, 6.07) is 10.8. The van der Waals surface area contributed by atoms with Gasteiger partial charge in [0, 0.05) is 19.0 Å². The first-order chi connectivity index (χ1) is 11.8. The fourth-order valence-corrected chi connectivity index (χ4v) is 4.15. The van der Waals surface area contributed by atoms with Crippen molar-refractivity contribution in [2.45, 2.75) is 63.1 Å². The third kappa shape index (κ3) is 3.37. The number of nitrogens with zero attached hydrogens (tertiary/aromatic N) is 3. The van der Waals surface area contributed by atoms with Crippen LogP contribution in [0.2, 0.25) is 0 Å². The lowest BCUT2D eigenvalue weighted by Gasteiger charge is -2.33. The van der Waals surface area contributed by atoms with E-state index in [0.717, 1.165) is 12.4 Å². The molecule has 1 saturated carbocycles. The fraction of sp³-hybridized carbons (Fsp3) is 0.579. The molecule has 1 aromatic heterocycles. The lowest BCUT2D eigenvalue weighted by atomic mass is 9.94. The van der Waals surface area contributed by atoms with Crippen LogP contribution in [0.15, 0.2) is 34.9 Å². The summed E-state index contributed by atoms with van der Waals surface area (Å²) in [5.41, 5.74) is 1.18. The highest BCUT2D eigenvalue weighted by Crippen LogP contribution is 2.37. The Kier molecular flexibility index (Phi) is 4.63. The minimum Gasteiger partial charge on any atom is -0.392 e. The molecule has 1 aliphatic carbocycles. The first-order valence-electron chi connectivity index (χ1n) is 9.10. The maximum atomic E-state index is 10.2. The topological polar surface area (TPSA) is 62.4 Å². The van der Waals surface area contributed by atoms with Crippen LogP contribution < -0.4 is 0 Å². The van der Waals surface area contributed by atoms with Crippen LogP contribution in [-0.4, -0.2) is 38.8 Å². The monoisotopic (exact) mass is 327 g/mol. The first-order valence-corrected chi connectivity index (χ1v) is 9.10. The zero-order valence-corrected chi connectivity index (χ0v) is 14.0. The number of aliphatic hydroxyl groups is 1. The van der Waals surface area contributed by atoms with E-state index in [1.165, 1.54) is 37.7 Å². The Hall–Kier alpha value is -1.72. The van der Waals surface area contributed by atoms with Crippen molar-refractivity contribution in [3.63, 3.8) is 0 Å². The Morgan fingerprint density at radius 2 is 1.92 bits per heavy atom. The molecule has 0 bridgehead atoms. The molecule has 1 aromatic carbocycles. The average molecular weight is 327 g/mol. The highest BCUT2D eigenvalue weighted by Gasteiger charge is 2.39. The van der Waals surface area contributed by atoms with Gasteiger partial charge in [0.1, 0.15) is 0 Å². The number of aromatic nitrogens is 2. The van der Waals surface area contributed by atoms with E-state index in [9.17, 15) is 5.11 Å². The molecule has 2 atom stereocenters. The number of benzene rings is 1. The van der Waals surface area contributed by atoms with Crippen LogP contribution in [0.4, 0.5) is 0 Å². The van der Waals surface area contributed by atoms with E-state index < -0.39 is 0 Å². The zero-order valence-electron chi connectivity index (χ0n) is 14.0. The van der Waals surface area contributed by atoms with Crippen molar-refractivity contribution in [2.75, 3.05) is 6.54 Å². The van der Waals surface area contributed by atoms with Gasteiger partial charge in [-0.25, -0.2) is 0 Å². The van der Waals surface area contributed by atoms with E-state index in [1.54, 1.807) is 0 Å². The molecular weight excluding hydrogens is 302 g/mol. The number of likely N-dealkylation sites (tertiary alicyclic amines) is 1. The Bertz CT molecular complexity index is 652. The molecule has 0 spiro atoms. The predicted octanol–water partition coefficient (Wildman–Crippen LogP) is 3.10. The molecule has 5 heteroatoms. The normalized spacial score (nSPS) is 26.0. The van der Waals surface area contributed by atoms with Gasteiger partial charge < -0.3 is 9.63 Å². The van der Waals surface area contributed by atoms with E-state index in [2.05, 4.69) is 27.2 Å². The van der Waals surface area contributed by atoms with Gasteiger partial charge in [0.25, 0.3) is 0 Å². The average Bonchev–Trinajstić information content (AvgIpc) is 3.23. The highest BCUT2D eigenvalue weighted by atomic mass is 16.5. The maximum absolute atomic E-state index is 10.2. The molecule has 1 saturated heterocycles. The summed E-state index contributed by atoms with van der Waals surface area (Å²) < 4.78 is 5.58. The molecule has 2 aromatic rings. The lowest BCUT2D eigenvalue weighted by Crippen LogP contribution is -2.37. The van der Waals surface area contributed by atoms with Crippen molar-refractivity contribution < 1.29 is 9.63 Å². The Morgan fingerprint density at radius 3 is 2.71 bits per heavy atom. The SMILES string of the molecule is OC1CC(c2nc(Cc3ccccc3)no2)N(C2CCCCC2)C1. The summed E-state index contributed by atoms with van der Waals surface area (Å²) in [5, 5.41) is 14.3. The van der Waals surface area contributed by atoms with Crippen LogP contribution in [0, 0.1) is 0 Å². The minimum absolute atomic E-state index is 0.0696. The second-order valence-electron chi connectivity index (χ2n) is 7.11. The lowest BCUT2D eigenvalue weighted by molar-refractivity contribution is 0.110. The van der Waals surface area contributed by atoms with Crippen LogP contribution in [0.3, 0.4) is 0 Å². The van der Waals surface area contributed by atoms with Crippen molar-refractivity contribution in [3.05, 3.63) is 47.6 Å². The maximum Gasteiger partial charge on any atom is 0.244 e. The summed E-state index contributed by atoms with van der Waals surface area (Å²) in [6.45, 7) is 0.728. The zero-order chi connectivity index (χ0) is 16.4. The molecule has 2 aliphatic rings. The van der Waals surface area contributed by atoms with Crippen molar-refractivity contribution >= 4 is 0 Å². The van der Waals surface area contributed by atoms with E-state index in [-0.39, 0.29) is 12.1 Å². The largest absolute Gasteiger partial charge is 0.392 e. The van der Waals surface area contributed by atoms with Gasteiger partial charge in [-0.15, -0.1) is 0 Å². The van der Waals surface area contributed by atoms with Crippen molar-refractivity contribution in [1.29, 1.82) is 0 Å². The molecule has 5 nitrogen and oxygen atoms in total. The second kappa shape index (κ2) is 7.03. The molecule has 2 heterocycles. The summed E-state index contributed by atoms with van der Waals surface area (Å²) in [7, 11) is 0.